The molecule has 1 aliphatic rings. The number of aliphatic hydroxyl groups excluding tert-OH is 1. The predicted octanol–water partition coefficient (Wildman–Crippen LogP) is 1.17. The molecule has 1 N–H and O–H groups in total. The van der Waals surface area contributed by atoms with Gasteiger partial charge in [-0.1, -0.05) is 13.3 Å². The van der Waals surface area contributed by atoms with Gasteiger partial charge in [-0.3, -0.25) is 0 Å². The summed E-state index contributed by atoms with van der Waals surface area (Å²) in [4.78, 5) is 0. The number of rotatable bonds is 0. The van der Waals surface area contributed by atoms with E-state index >= 15 is 0 Å². The highest BCUT2D eigenvalue weighted by Gasteiger charge is 2.19. The molecule has 42 valence electrons. The molecule has 0 bridgehead atoms. The van der Waals surface area contributed by atoms with E-state index < -0.39 is 0 Å². The first-order valence-electron chi connectivity index (χ1n) is 2.99. The molecule has 2 atom stereocenters. The lowest BCUT2D eigenvalue weighted by atomic mass is 10.1. The zero-order valence-electron chi connectivity index (χ0n) is 4.72. The molecule has 0 saturated heterocycles. The van der Waals surface area contributed by atoms with E-state index in [0.29, 0.717) is 5.92 Å². The van der Waals surface area contributed by atoms with E-state index in [9.17, 15) is 0 Å². The standard InChI is InChI=1S/C6H12O/c1-5-3-2-4-6(5)7/h5-7H,2-4H2,1H3/t5?,6-/m1/s1. The Morgan fingerprint density at radius 1 is 1.43 bits per heavy atom. The van der Waals surface area contributed by atoms with Gasteiger partial charge in [-0.15, -0.1) is 0 Å². The van der Waals surface area contributed by atoms with E-state index in [2.05, 4.69) is 6.92 Å². The molecule has 1 rings (SSSR count). The van der Waals surface area contributed by atoms with Gasteiger partial charge >= 0.3 is 0 Å². The fourth-order valence-corrected chi connectivity index (χ4v) is 1.13. The van der Waals surface area contributed by atoms with Gasteiger partial charge in [0, 0.05) is 0 Å². The number of aliphatic hydroxyl groups is 1. The first-order chi connectivity index (χ1) is 3.30. The van der Waals surface area contributed by atoms with Crippen molar-refractivity contribution < 1.29 is 5.11 Å². The Morgan fingerprint density at radius 2 is 2.14 bits per heavy atom. The van der Waals surface area contributed by atoms with Crippen molar-refractivity contribution in [1.29, 1.82) is 0 Å². The quantitative estimate of drug-likeness (QED) is 0.484. The van der Waals surface area contributed by atoms with E-state index in [4.69, 9.17) is 5.11 Å². The lowest BCUT2D eigenvalue weighted by molar-refractivity contribution is 0.141. The van der Waals surface area contributed by atoms with Crippen LogP contribution in [0.2, 0.25) is 0 Å². The molecule has 0 amide bonds. The molecular weight excluding hydrogens is 88.1 g/mol. The first kappa shape index (κ1) is 5.10. The zero-order valence-corrected chi connectivity index (χ0v) is 4.72. The highest BCUT2D eigenvalue weighted by molar-refractivity contribution is 4.71. The van der Waals surface area contributed by atoms with Crippen LogP contribution in [-0.2, 0) is 0 Å². The molecule has 0 aromatic heterocycles. The van der Waals surface area contributed by atoms with Gasteiger partial charge in [0.2, 0.25) is 0 Å². The summed E-state index contributed by atoms with van der Waals surface area (Å²) in [6.45, 7) is 2.11. The molecule has 1 heteroatoms. The van der Waals surface area contributed by atoms with Crippen molar-refractivity contribution in [2.75, 3.05) is 0 Å². The normalized spacial score (nSPS) is 42.0. The van der Waals surface area contributed by atoms with E-state index in [1.807, 2.05) is 0 Å². The molecule has 1 saturated carbocycles. The highest BCUT2D eigenvalue weighted by atomic mass is 16.3. The highest BCUT2D eigenvalue weighted by Crippen LogP contribution is 2.23. The van der Waals surface area contributed by atoms with Crippen LogP contribution < -0.4 is 0 Å². The van der Waals surface area contributed by atoms with Crippen molar-refractivity contribution in [2.45, 2.75) is 32.3 Å². The molecule has 0 aromatic carbocycles. The second kappa shape index (κ2) is 1.83. The zero-order chi connectivity index (χ0) is 5.28. The molecule has 1 aliphatic carbocycles. The Hall–Kier alpha value is -0.0400. The average molecular weight is 100 g/mol. The van der Waals surface area contributed by atoms with Gasteiger partial charge in [-0.2, -0.15) is 0 Å². The second-order valence-electron chi connectivity index (χ2n) is 2.48. The van der Waals surface area contributed by atoms with E-state index in [1.54, 1.807) is 0 Å². The molecule has 7 heavy (non-hydrogen) atoms. The third kappa shape index (κ3) is 0.942. The minimum Gasteiger partial charge on any atom is -0.393 e. The van der Waals surface area contributed by atoms with E-state index in [-0.39, 0.29) is 6.10 Å². The molecule has 1 nitrogen and oxygen atoms in total. The van der Waals surface area contributed by atoms with Crippen LogP contribution in [0.5, 0.6) is 0 Å². The maximum atomic E-state index is 9.00. The Kier molecular flexibility index (Phi) is 1.33. The summed E-state index contributed by atoms with van der Waals surface area (Å²) >= 11 is 0. The summed E-state index contributed by atoms with van der Waals surface area (Å²) in [5, 5.41) is 9.00. The minimum atomic E-state index is 0.0139. The largest absolute Gasteiger partial charge is 0.393 e. The van der Waals surface area contributed by atoms with Crippen molar-refractivity contribution in [3.63, 3.8) is 0 Å². The van der Waals surface area contributed by atoms with Gasteiger partial charge in [-0.25, -0.2) is 0 Å². The molecule has 0 spiro atoms. The maximum Gasteiger partial charge on any atom is 0.0565 e. The summed E-state index contributed by atoms with van der Waals surface area (Å²) in [5.74, 6) is 0.569. The summed E-state index contributed by atoms with van der Waals surface area (Å²) in [6, 6.07) is 0. The van der Waals surface area contributed by atoms with Crippen LogP contribution in [-0.4, -0.2) is 11.2 Å². The van der Waals surface area contributed by atoms with Gasteiger partial charge < -0.3 is 5.11 Å². The predicted molar refractivity (Wildman–Crippen MR) is 29.0 cm³/mol. The molecule has 1 unspecified atom stereocenters. The van der Waals surface area contributed by atoms with Crippen molar-refractivity contribution in [3.8, 4) is 0 Å². The fraction of sp³-hybridized carbons (Fsp3) is 1.00. The second-order valence-corrected chi connectivity index (χ2v) is 2.48. The van der Waals surface area contributed by atoms with Crippen LogP contribution >= 0.6 is 0 Å². The summed E-state index contributed by atoms with van der Waals surface area (Å²) < 4.78 is 0. The Bertz CT molecular complexity index is 53.2. The molecule has 0 radical (unpaired) electrons. The van der Waals surface area contributed by atoms with Gasteiger partial charge in [0.25, 0.3) is 0 Å². The van der Waals surface area contributed by atoms with Gasteiger partial charge in [0.1, 0.15) is 0 Å². The van der Waals surface area contributed by atoms with Crippen LogP contribution in [0, 0.1) is 5.92 Å². The van der Waals surface area contributed by atoms with Crippen LogP contribution in [0.3, 0.4) is 0 Å². The molecule has 0 aromatic rings. The van der Waals surface area contributed by atoms with Crippen LogP contribution in [0.25, 0.3) is 0 Å². The molecular formula is C6H12O. The monoisotopic (exact) mass is 100 g/mol. The van der Waals surface area contributed by atoms with Crippen LogP contribution in [0.1, 0.15) is 26.2 Å². The summed E-state index contributed by atoms with van der Waals surface area (Å²) in [5.41, 5.74) is 0. The Morgan fingerprint density at radius 3 is 2.29 bits per heavy atom. The average Bonchev–Trinajstić information content (AvgIpc) is 1.91. The van der Waals surface area contributed by atoms with E-state index in [1.165, 1.54) is 12.8 Å². The van der Waals surface area contributed by atoms with Crippen molar-refractivity contribution >= 4 is 0 Å². The minimum absolute atomic E-state index is 0.0139. The maximum absolute atomic E-state index is 9.00. The Balaban J connectivity index is 2.33. The molecule has 0 heterocycles. The number of hydrogen-bond acceptors (Lipinski definition) is 1. The van der Waals surface area contributed by atoms with Crippen molar-refractivity contribution in [3.05, 3.63) is 0 Å². The van der Waals surface area contributed by atoms with Gasteiger partial charge in [0.05, 0.1) is 6.10 Å². The SMILES string of the molecule is CC1CCC[C@H]1O. The molecule has 1 fully saturated rings. The third-order valence-electron chi connectivity index (χ3n) is 1.82. The fourth-order valence-electron chi connectivity index (χ4n) is 1.13. The number of hydrogen-bond donors (Lipinski definition) is 1. The topological polar surface area (TPSA) is 20.2 Å². The smallest absolute Gasteiger partial charge is 0.0565 e. The van der Waals surface area contributed by atoms with Crippen molar-refractivity contribution in [1.82, 2.24) is 0 Å². The summed E-state index contributed by atoms with van der Waals surface area (Å²) in [6.07, 6.45) is 3.49. The van der Waals surface area contributed by atoms with Crippen molar-refractivity contribution in [2.24, 2.45) is 5.92 Å². The lowest BCUT2D eigenvalue weighted by Gasteiger charge is -2.04. The van der Waals surface area contributed by atoms with Crippen LogP contribution in [0.15, 0.2) is 0 Å². The van der Waals surface area contributed by atoms with Crippen LogP contribution in [0.4, 0.5) is 0 Å². The molecule has 0 aliphatic heterocycles. The summed E-state index contributed by atoms with van der Waals surface area (Å²) in [7, 11) is 0. The first-order valence-corrected chi connectivity index (χ1v) is 2.99. The van der Waals surface area contributed by atoms with E-state index in [0.717, 1.165) is 6.42 Å². The van der Waals surface area contributed by atoms with Gasteiger partial charge in [-0.05, 0) is 18.8 Å². The lowest BCUT2D eigenvalue weighted by Crippen LogP contribution is -2.07. The Labute approximate surface area is 44.4 Å². The third-order valence-corrected chi connectivity index (χ3v) is 1.82. The van der Waals surface area contributed by atoms with Gasteiger partial charge in [0.15, 0.2) is 0 Å².